The van der Waals surface area contributed by atoms with Crippen LogP contribution in [0, 0.1) is 16.7 Å². The molecule has 0 aromatic rings. The van der Waals surface area contributed by atoms with Crippen molar-refractivity contribution in [2.45, 2.75) is 130 Å². The zero-order valence-electron chi connectivity index (χ0n) is 26.1. The number of hydrogen-bond donors (Lipinski definition) is 6. The number of ether oxygens (including phenoxy) is 1. The van der Waals surface area contributed by atoms with Crippen molar-refractivity contribution in [3.63, 3.8) is 0 Å². The van der Waals surface area contributed by atoms with Gasteiger partial charge in [0.1, 0.15) is 17.7 Å². The highest BCUT2D eigenvalue weighted by atomic mass is 16.6. The lowest BCUT2D eigenvalue weighted by molar-refractivity contribution is -0.136. The van der Waals surface area contributed by atoms with Gasteiger partial charge in [0.2, 0.25) is 17.7 Å². The second kappa shape index (κ2) is 13.4. The van der Waals surface area contributed by atoms with Crippen LogP contribution in [0.3, 0.4) is 0 Å². The normalized spacial score (nSPS) is 20.6. The molecule has 5 amide bonds. The Balaban J connectivity index is 2.26. The molecular weight excluding hydrogens is 530 g/mol. The maximum absolute atomic E-state index is 13.7. The van der Waals surface area contributed by atoms with Crippen molar-refractivity contribution in [3.8, 4) is 0 Å². The first-order chi connectivity index (χ1) is 18.7. The molecule has 234 valence electrons. The van der Waals surface area contributed by atoms with Crippen LogP contribution in [0.4, 0.5) is 4.79 Å². The van der Waals surface area contributed by atoms with Crippen molar-refractivity contribution in [2.24, 2.45) is 16.7 Å². The van der Waals surface area contributed by atoms with Gasteiger partial charge in [0.25, 0.3) is 5.91 Å². The molecular formula is C29H51N5O7. The van der Waals surface area contributed by atoms with E-state index in [1.54, 1.807) is 41.5 Å². The zero-order valence-corrected chi connectivity index (χ0v) is 26.1. The SMILES string of the molecule is CC(C)(C)C[C@H](NC(=O)[C@@H](NC(=O)OC(C)(C)C)C(C)(C)C)C(=O)NC(C[C@@H]1CCNC1=O)C(O)C(=O)NC1CC1. The molecule has 2 unspecified atom stereocenters. The predicted molar refractivity (Wildman–Crippen MR) is 153 cm³/mol. The van der Waals surface area contributed by atoms with E-state index in [2.05, 4.69) is 26.6 Å². The Morgan fingerprint density at radius 3 is 1.98 bits per heavy atom. The third-order valence-electron chi connectivity index (χ3n) is 6.84. The van der Waals surface area contributed by atoms with Crippen LogP contribution in [0.25, 0.3) is 0 Å². The number of aliphatic hydroxyl groups is 1. The van der Waals surface area contributed by atoms with Gasteiger partial charge in [-0.2, -0.15) is 0 Å². The second-order valence-corrected chi connectivity index (χ2v) is 14.6. The molecule has 1 heterocycles. The maximum Gasteiger partial charge on any atom is 0.408 e. The number of amides is 5. The van der Waals surface area contributed by atoms with Crippen molar-refractivity contribution >= 4 is 29.7 Å². The van der Waals surface area contributed by atoms with Gasteiger partial charge in [-0.25, -0.2) is 4.79 Å². The highest BCUT2D eigenvalue weighted by Gasteiger charge is 2.40. The average Bonchev–Trinajstić information content (AvgIpc) is 3.52. The van der Waals surface area contributed by atoms with Gasteiger partial charge in [-0.15, -0.1) is 0 Å². The Hall–Kier alpha value is -2.89. The minimum Gasteiger partial charge on any atom is -0.444 e. The number of aliphatic hydroxyl groups excluding tert-OH is 1. The largest absolute Gasteiger partial charge is 0.444 e. The van der Waals surface area contributed by atoms with E-state index in [0.29, 0.717) is 13.0 Å². The number of rotatable bonds is 11. The van der Waals surface area contributed by atoms with Gasteiger partial charge < -0.3 is 36.4 Å². The number of carbonyl (C=O) groups excluding carboxylic acids is 5. The Labute approximate surface area is 243 Å². The van der Waals surface area contributed by atoms with Crippen LogP contribution in [0.5, 0.6) is 0 Å². The molecule has 2 aliphatic rings. The van der Waals surface area contributed by atoms with Gasteiger partial charge in [-0.3, -0.25) is 19.2 Å². The topological polar surface area (TPSA) is 175 Å². The fourth-order valence-corrected chi connectivity index (χ4v) is 4.60. The average molecular weight is 582 g/mol. The molecule has 6 N–H and O–H groups in total. The molecule has 0 aromatic carbocycles. The monoisotopic (exact) mass is 581 g/mol. The van der Waals surface area contributed by atoms with E-state index in [-0.39, 0.29) is 24.8 Å². The number of alkyl carbamates (subject to hydrolysis) is 1. The van der Waals surface area contributed by atoms with E-state index >= 15 is 0 Å². The van der Waals surface area contributed by atoms with E-state index < -0.39 is 70.4 Å². The highest BCUT2D eigenvalue weighted by molar-refractivity contribution is 5.92. The van der Waals surface area contributed by atoms with Crippen molar-refractivity contribution < 1.29 is 33.8 Å². The fraction of sp³-hybridized carbons (Fsp3) is 0.828. The summed E-state index contributed by atoms with van der Waals surface area (Å²) in [7, 11) is 0. The molecule has 1 saturated carbocycles. The lowest BCUT2D eigenvalue weighted by Gasteiger charge is -2.34. The summed E-state index contributed by atoms with van der Waals surface area (Å²) < 4.78 is 5.34. The quantitative estimate of drug-likeness (QED) is 0.214. The summed E-state index contributed by atoms with van der Waals surface area (Å²) in [5, 5.41) is 24.6. The summed E-state index contributed by atoms with van der Waals surface area (Å²) >= 11 is 0. The van der Waals surface area contributed by atoms with E-state index in [0.717, 1.165) is 12.8 Å². The third-order valence-corrected chi connectivity index (χ3v) is 6.84. The predicted octanol–water partition coefficient (Wildman–Crippen LogP) is 1.50. The highest BCUT2D eigenvalue weighted by Crippen LogP contribution is 2.25. The lowest BCUT2D eigenvalue weighted by Crippen LogP contribution is -2.60. The molecule has 0 radical (unpaired) electrons. The van der Waals surface area contributed by atoms with Gasteiger partial charge in [-0.05, 0) is 63.7 Å². The fourth-order valence-electron chi connectivity index (χ4n) is 4.60. The second-order valence-electron chi connectivity index (χ2n) is 14.6. The third kappa shape index (κ3) is 11.9. The number of nitrogens with one attached hydrogen (secondary N) is 5. The summed E-state index contributed by atoms with van der Waals surface area (Å²) in [5.74, 6) is -2.45. The van der Waals surface area contributed by atoms with Crippen LogP contribution in [0.15, 0.2) is 0 Å². The summed E-state index contributed by atoms with van der Waals surface area (Å²) in [5.41, 5.74) is -1.89. The minimum atomic E-state index is -1.57. The first-order valence-corrected chi connectivity index (χ1v) is 14.5. The molecule has 0 bridgehead atoms. The molecule has 0 aromatic heterocycles. The van der Waals surface area contributed by atoms with Crippen LogP contribution in [-0.4, -0.2) is 77.2 Å². The number of carbonyl (C=O) groups is 5. The Kier molecular flexibility index (Phi) is 11.2. The smallest absolute Gasteiger partial charge is 0.408 e. The summed E-state index contributed by atoms with van der Waals surface area (Å²) in [6, 6.07) is -3.12. The standard InChI is InChI=1S/C29H51N5O7/c1-27(2,3)15-19(33-25(39)21(28(4,5)6)34-26(40)41-29(7,8)9)23(37)32-18(14-16-12-13-30-22(16)36)20(35)24(38)31-17-10-11-17/h16-21,35H,10-15H2,1-9H3,(H,30,36)(H,31,38)(H,32,37)(H,33,39)(H,34,40)/t16-,18?,19-,20?,21+/m0/s1. The molecule has 1 aliphatic heterocycles. The van der Waals surface area contributed by atoms with Gasteiger partial charge in [-0.1, -0.05) is 41.5 Å². The van der Waals surface area contributed by atoms with Crippen molar-refractivity contribution in [3.05, 3.63) is 0 Å². The van der Waals surface area contributed by atoms with Crippen molar-refractivity contribution in [2.75, 3.05) is 6.54 Å². The van der Waals surface area contributed by atoms with Crippen molar-refractivity contribution in [1.29, 1.82) is 0 Å². The number of hydrogen-bond acceptors (Lipinski definition) is 7. The van der Waals surface area contributed by atoms with Crippen molar-refractivity contribution in [1.82, 2.24) is 26.6 Å². The molecule has 0 spiro atoms. The molecule has 12 nitrogen and oxygen atoms in total. The lowest BCUT2D eigenvalue weighted by atomic mass is 9.84. The molecule has 2 rings (SSSR count). The minimum absolute atomic E-state index is 0.00279. The van der Waals surface area contributed by atoms with Crippen LogP contribution in [-0.2, 0) is 23.9 Å². The molecule has 41 heavy (non-hydrogen) atoms. The van der Waals surface area contributed by atoms with Crippen LogP contribution in [0.1, 0.15) is 94.4 Å². The Bertz CT molecular complexity index is 976. The molecule has 5 atom stereocenters. The molecule has 1 saturated heterocycles. The Morgan fingerprint density at radius 2 is 1.51 bits per heavy atom. The van der Waals surface area contributed by atoms with Gasteiger partial charge in [0, 0.05) is 18.5 Å². The van der Waals surface area contributed by atoms with Crippen LogP contribution < -0.4 is 26.6 Å². The summed E-state index contributed by atoms with van der Waals surface area (Å²) in [4.78, 5) is 64.8. The Morgan fingerprint density at radius 1 is 0.902 bits per heavy atom. The van der Waals surface area contributed by atoms with Crippen LogP contribution >= 0.6 is 0 Å². The molecule has 1 aliphatic carbocycles. The summed E-state index contributed by atoms with van der Waals surface area (Å²) in [6.45, 7) is 16.7. The summed E-state index contributed by atoms with van der Waals surface area (Å²) in [6.07, 6.45) is 0.138. The van der Waals surface area contributed by atoms with Gasteiger partial charge in [0.15, 0.2) is 6.10 Å². The van der Waals surface area contributed by atoms with E-state index in [1.165, 1.54) is 0 Å². The van der Waals surface area contributed by atoms with E-state index in [4.69, 9.17) is 4.74 Å². The first-order valence-electron chi connectivity index (χ1n) is 14.5. The molecule has 2 fully saturated rings. The maximum atomic E-state index is 13.7. The van der Waals surface area contributed by atoms with Gasteiger partial charge in [0.05, 0.1) is 6.04 Å². The van der Waals surface area contributed by atoms with E-state index in [1.807, 2.05) is 20.8 Å². The zero-order chi connectivity index (χ0) is 31.3. The first kappa shape index (κ1) is 34.3. The molecule has 12 heteroatoms. The van der Waals surface area contributed by atoms with Crippen LogP contribution in [0.2, 0.25) is 0 Å². The van der Waals surface area contributed by atoms with E-state index in [9.17, 15) is 29.1 Å². The van der Waals surface area contributed by atoms with Gasteiger partial charge >= 0.3 is 6.09 Å².